The Kier molecular flexibility index (Phi) is 2.65. The smallest absolute Gasteiger partial charge is 0.319 e. The molecule has 84 valence electrons. The minimum Gasteiger partial charge on any atom is -0.319 e. The normalized spacial score (nSPS) is 22.5. The molecule has 0 spiro atoms. The van der Waals surface area contributed by atoms with E-state index in [-0.39, 0.29) is 0 Å². The molecule has 0 saturated heterocycles. The van der Waals surface area contributed by atoms with Crippen molar-refractivity contribution in [2.24, 2.45) is 11.7 Å². The molecule has 0 aromatic carbocycles. The van der Waals surface area contributed by atoms with E-state index in [9.17, 15) is 4.79 Å². The summed E-state index contributed by atoms with van der Waals surface area (Å²) in [5.41, 5.74) is 5.66. The van der Waals surface area contributed by atoms with Gasteiger partial charge in [0, 0.05) is 0 Å². The summed E-state index contributed by atoms with van der Waals surface area (Å²) in [5.74, 6) is 0.323. The van der Waals surface area contributed by atoms with Crippen molar-refractivity contribution in [3.05, 3.63) is 16.4 Å². The van der Waals surface area contributed by atoms with Crippen molar-refractivity contribution in [1.82, 2.24) is 10.1 Å². The number of nitrogens with two attached hydrogens (primary N) is 1. The highest BCUT2D eigenvalue weighted by atomic mass is 16.5. The van der Waals surface area contributed by atoms with Gasteiger partial charge in [0.25, 0.3) is 0 Å². The molecule has 0 amide bonds. The molecule has 1 aromatic rings. The number of aromatic amines is 1. The Bertz CT molecular complexity index is 374. The van der Waals surface area contributed by atoms with Crippen LogP contribution in [-0.2, 0) is 5.54 Å². The summed E-state index contributed by atoms with van der Waals surface area (Å²) in [7, 11) is 0. The molecule has 1 saturated carbocycles. The third-order valence-electron chi connectivity index (χ3n) is 3.40. The van der Waals surface area contributed by atoms with Crippen molar-refractivity contribution in [1.29, 1.82) is 0 Å². The maximum Gasteiger partial charge on any atom is 0.438 e. The van der Waals surface area contributed by atoms with Crippen LogP contribution >= 0.6 is 0 Å². The van der Waals surface area contributed by atoms with Gasteiger partial charge in [0.15, 0.2) is 5.82 Å². The maximum absolute atomic E-state index is 10.9. The number of hydrogen-bond acceptors (Lipinski definition) is 4. The molecule has 1 aliphatic carbocycles. The van der Waals surface area contributed by atoms with Crippen LogP contribution in [-0.4, -0.2) is 10.1 Å². The van der Waals surface area contributed by atoms with Gasteiger partial charge in [-0.15, -0.1) is 0 Å². The summed E-state index contributed by atoms with van der Waals surface area (Å²) in [6, 6.07) is 0. The monoisotopic (exact) mass is 211 g/mol. The van der Waals surface area contributed by atoms with Crippen LogP contribution in [0.1, 0.15) is 44.9 Å². The number of hydrogen-bond donors (Lipinski definition) is 2. The van der Waals surface area contributed by atoms with Crippen LogP contribution in [0.3, 0.4) is 0 Å². The fraction of sp³-hybridized carbons (Fsp3) is 0.800. The molecular weight excluding hydrogens is 194 g/mol. The van der Waals surface area contributed by atoms with E-state index in [0.717, 1.165) is 12.8 Å². The molecule has 1 heterocycles. The van der Waals surface area contributed by atoms with E-state index in [4.69, 9.17) is 5.73 Å². The minimum absolute atomic E-state index is 0.381. The van der Waals surface area contributed by atoms with Gasteiger partial charge in [-0.05, 0) is 25.7 Å². The number of nitrogens with zero attached hydrogens (tertiary/aromatic N) is 1. The Hall–Kier alpha value is -1.10. The lowest BCUT2D eigenvalue weighted by Crippen LogP contribution is -2.43. The van der Waals surface area contributed by atoms with Crippen molar-refractivity contribution >= 4 is 0 Å². The molecule has 3 N–H and O–H groups in total. The molecule has 0 bridgehead atoms. The van der Waals surface area contributed by atoms with E-state index >= 15 is 0 Å². The average Bonchev–Trinajstić information content (AvgIpc) is 2.67. The topological polar surface area (TPSA) is 84.9 Å². The Morgan fingerprint density at radius 3 is 2.67 bits per heavy atom. The van der Waals surface area contributed by atoms with E-state index in [0.29, 0.717) is 11.7 Å². The van der Waals surface area contributed by atoms with Gasteiger partial charge in [-0.3, -0.25) is 9.51 Å². The molecule has 15 heavy (non-hydrogen) atoms. The summed E-state index contributed by atoms with van der Waals surface area (Å²) in [5, 5.41) is 3.69. The van der Waals surface area contributed by atoms with E-state index in [1.807, 2.05) is 6.92 Å². The van der Waals surface area contributed by atoms with Crippen molar-refractivity contribution < 1.29 is 4.52 Å². The highest BCUT2D eigenvalue weighted by molar-refractivity contribution is 5.03. The number of aromatic nitrogens is 2. The van der Waals surface area contributed by atoms with E-state index < -0.39 is 11.3 Å². The largest absolute Gasteiger partial charge is 0.438 e. The highest BCUT2D eigenvalue weighted by Gasteiger charge is 2.36. The number of H-pyrrole nitrogens is 1. The van der Waals surface area contributed by atoms with Crippen molar-refractivity contribution in [3.8, 4) is 0 Å². The summed E-state index contributed by atoms with van der Waals surface area (Å²) in [6.45, 7) is 1.91. The first-order chi connectivity index (χ1) is 7.10. The predicted molar refractivity (Wildman–Crippen MR) is 55.2 cm³/mol. The molecule has 0 radical (unpaired) electrons. The third kappa shape index (κ3) is 1.97. The van der Waals surface area contributed by atoms with Crippen LogP contribution in [0, 0.1) is 5.92 Å². The van der Waals surface area contributed by atoms with Gasteiger partial charge in [0.1, 0.15) is 0 Å². The second kappa shape index (κ2) is 3.81. The first-order valence-corrected chi connectivity index (χ1v) is 5.46. The van der Waals surface area contributed by atoms with Crippen molar-refractivity contribution in [3.63, 3.8) is 0 Å². The van der Waals surface area contributed by atoms with E-state index in [1.165, 1.54) is 19.3 Å². The third-order valence-corrected chi connectivity index (χ3v) is 3.40. The molecular formula is C10H17N3O2. The van der Waals surface area contributed by atoms with Gasteiger partial charge in [-0.25, -0.2) is 4.79 Å². The summed E-state index contributed by atoms with van der Waals surface area (Å²) in [4.78, 5) is 13.4. The van der Waals surface area contributed by atoms with Gasteiger partial charge in [0.05, 0.1) is 5.54 Å². The molecule has 1 atom stereocenters. The van der Waals surface area contributed by atoms with Crippen LogP contribution in [0.15, 0.2) is 9.32 Å². The lowest BCUT2D eigenvalue weighted by Gasteiger charge is -2.34. The maximum atomic E-state index is 10.9. The van der Waals surface area contributed by atoms with Gasteiger partial charge < -0.3 is 5.73 Å². The number of rotatable bonds is 2. The van der Waals surface area contributed by atoms with Gasteiger partial charge in [0.2, 0.25) is 0 Å². The Labute approximate surface area is 88.0 Å². The summed E-state index contributed by atoms with van der Waals surface area (Å²) in [6.07, 6.45) is 5.89. The molecule has 1 aromatic heterocycles. The molecule has 1 fully saturated rings. The van der Waals surface area contributed by atoms with Crippen LogP contribution in [0.25, 0.3) is 0 Å². The first kappa shape index (κ1) is 10.4. The van der Waals surface area contributed by atoms with Gasteiger partial charge >= 0.3 is 5.76 Å². The molecule has 5 heteroatoms. The first-order valence-electron chi connectivity index (χ1n) is 5.46. The van der Waals surface area contributed by atoms with Crippen molar-refractivity contribution in [2.45, 2.75) is 44.6 Å². The van der Waals surface area contributed by atoms with Crippen molar-refractivity contribution in [2.75, 3.05) is 0 Å². The van der Waals surface area contributed by atoms with Gasteiger partial charge in [-0.1, -0.05) is 24.4 Å². The molecule has 1 unspecified atom stereocenters. The summed E-state index contributed by atoms with van der Waals surface area (Å²) < 4.78 is 4.50. The van der Waals surface area contributed by atoms with Crippen LogP contribution in [0.2, 0.25) is 0 Å². The Morgan fingerprint density at radius 1 is 1.47 bits per heavy atom. The second-order valence-electron chi connectivity index (χ2n) is 4.56. The SMILES string of the molecule is CC(N)(c1noc(=O)[nH]1)C1CCCCC1. The fourth-order valence-corrected chi connectivity index (χ4v) is 2.36. The number of nitrogens with one attached hydrogen (secondary N) is 1. The Balaban J connectivity index is 2.20. The minimum atomic E-state index is -0.577. The standard InChI is InChI=1S/C10H17N3O2/c1-10(11,7-5-3-2-4-6-7)8-12-9(14)15-13-8/h7H,2-6,11H2,1H3,(H,12,13,14). The lowest BCUT2D eigenvalue weighted by molar-refractivity contribution is 0.209. The fourth-order valence-electron chi connectivity index (χ4n) is 2.36. The van der Waals surface area contributed by atoms with Crippen LogP contribution in [0.5, 0.6) is 0 Å². The quantitative estimate of drug-likeness (QED) is 0.767. The molecule has 5 nitrogen and oxygen atoms in total. The highest BCUT2D eigenvalue weighted by Crippen LogP contribution is 2.35. The van der Waals surface area contributed by atoms with E-state index in [2.05, 4.69) is 14.7 Å². The second-order valence-corrected chi connectivity index (χ2v) is 4.56. The molecule has 0 aliphatic heterocycles. The zero-order valence-corrected chi connectivity index (χ0v) is 8.95. The lowest BCUT2D eigenvalue weighted by atomic mass is 9.76. The molecule has 2 rings (SSSR count). The van der Waals surface area contributed by atoms with Gasteiger partial charge in [-0.2, -0.15) is 0 Å². The summed E-state index contributed by atoms with van der Waals surface area (Å²) >= 11 is 0. The predicted octanol–water partition coefficient (Wildman–Crippen LogP) is 1.12. The van der Waals surface area contributed by atoms with Crippen LogP contribution < -0.4 is 11.5 Å². The average molecular weight is 211 g/mol. The van der Waals surface area contributed by atoms with E-state index in [1.54, 1.807) is 0 Å². The zero-order valence-electron chi connectivity index (χ0n) is 8.95. The molecule has 1 aliphatic rings. The zero-order chi connectivity index (χ0) is 10.9. The Morgan fingerprint density at radius 2 is 2.13 bits per heavy atom. The van der Waals surface area contributed by atoms with Crippen LogP contribution in [0.4, 0.5) is 0 Å².